The molecule has 22 heavy (non-hydrogen) atoms. The van der Waals surface area contributed by atoms with Gasteiger partial charge in [0.15, 0.2) is 0 Å². The van der Waals surface area contributed by atoms with E-state index in [4.69, 9.17) is 0 Å². The van der Waals surface area contributed by atoms with Crippen molar-refractivity contribution >= 4 is 45.7 Å². The molecule has 0 aliphatic heterocycles. The zero-order valence-electron chi connectivity index (χ0n) is 11.6. The lowest BCUT2D eigenvalue weighted by atomic mass is 10.2. The van der Waals surface area contributed by atoms with Crippen LogP contribution in [0, 0.1) is 0 Å². The van der Waals surface area contributed by atoms with Crippen molar-refractivity contribution in [1.29, 1.82) is 0 Å². The van der Waals surface area contributed by atoms with E-state index in [9.17, 15) is 0 Å². The molecule has 0 N–H and O–H groups in total. The van der Waals surface area contributed by atoms with Gasteiger partial charge in [0.25, 0.3) is 0 Å². The lowest BCUT2D eigenvalue weighted by Crippen LogP contribution is -1.82. The van der Waals surface area contributed by atoms with Gasteiger partial charge >= 0.3 is 0 Å². The molecule has 1 aromatic carbocycles. The third kappa shape index (κ3) is 2.71. The molecule has 0 aliphatic rings. The fourth-order valence-corrected chi connectivity index (χ4v) is 3.73. The summed E-state index contributed by atoms with van der Waals surface area (Å²) in [7, 11) is 0. The van der Waals surface area contributed by atoms with Crippen molar-refractivity contribution in [2.24, 2.45) is 0 Å². The predicted molar refractivity (Wildman–Crippen MR) is 96.1 cm³/mol. The molecule has 0 aliphatic carbocycles. The molecule has 3 aromatic heterocycles. The highest BCUT2D eigenvalue weighted by Crippen LogP contribution is 2.26. The molecule has 0 saturated carbocycles. The summed E-state index contributed by atoms with van der Waals surface area (Å²) in [6.45, 7) is 0. The Labute approximate surface area is 136 Å². The third-order valence-electron chi connectivity index (χ3n) is 3.33. The van der Waals surface area contributed by atoms with Crippen LogP contribution in [0.4, 0.5) is 0 Å². The number of pyridine rings is 1. The van der Waals surface area contributed by atoms with Gasteiger partial charge in [-0.1, -0.05) is 24.3 Å². The van der Waals surface area contributed by atoms with E-state index in [1.807, 2.05) is 36.4 Å². The van der Waals surface area contributed by atoms with E-state index < -0.39 is 0 Å². The first kappa shape index (κ1) is 13.4. The molecule has 0 atom stereocenters. The molecule has 0 bridgehead atoms. The first-order valence-corrected chi connectivity index (χ1v) is 8.73. The van der Waals surface area contributed by atoms with Gasteiger partial charge in [0.2, 0.25) is 0 Å². The number of fused-ring (bicyclic) bond motifs is 1. The molecule has 3 heterocycles. The summed E-state index contributed by atoms with van der Waals surface area (Å²) in [4.78, 5) is 9.28. The van der Waals surface area contributed by atoms with Crippen molar-refractivity contribution in [3.63, 3.8) is 0 Å². The molecule has 2 nitrogen and oxygen atoms in total. The second kappa shape index (κ2) is 5.83. The summed E-state index contributed by atoms with van der Waals surface area (Å²) in [5, 5.41) is 8.49. The minimum Gasteiger partial charge on any atom is -0.248 e. The Kier molecular flexibility index (Phi) is 3.54. The third-order valence-corrected chi connectivity index (χ3v) is 4.93. The van der Waals surface area contributed by atoms with Gasteiger partial charge in [0, 0.05) is 21.7 Å². The molecular weight excluding hydrogens is 308 g/mol. The van der Waals surface area contributed by atoms with E-state index >= 15 is 0 Å². The van der Waals surface area contributed by atoms with Crippen molar-refractivity contribution in [3.8, 4) is 10.6 Å². The zero-order valence-corrected chi connectivity index (χ0v) is 13.3. The highest BCUT2D eigenvalue weighted by molar-refractivity contribution is 7.14. The molecule has 0 spiro atoms. The first-order chi connectivity index (χ1) is 10.9. The van der Waals surface area contributed by atoms with Crippen molar-refractivity contribution < 1.29 is 0 Å². The van der Waals surface area contributed by atoms with E-state index in [-0.39, 0.29) is 0 Å². The van der Waals surface area contributed by atoms with Crippen LogP contribution in [0.3, 0.4) is 0 Å². The molecule has 0 unspecified atom stereocenters. The lowest BCUT2D eigenvalue weighted by Gasteiger charge is -1.97. The number of benzene rings is 1. The number of hydrogen-bond donors (Lipinski definition) is 0. The average Bonchev–Trinajstić information content (AvgIpc) is 3.24. The van der Waals surface area contributed by atoms with Gasteiger partial charge in [-0.15, -0.1) is 11.3 Å². The highest BCUT2D eigenvalue weighted by Gasteiger charge is 2.03. The Morgan fingerprint density at radius 1 is 0.818 bits per heavy atom. The molecule has 4 rings (SSSR count). The topological polar surface area (TPSA) is 25.8 Å². The average molecular weight is 320 g/mol. The second-order valence-electron chi connectivity index (χ2n) is 4.85. The maximum absolute atomic E-state index is 4.64. The van der Waals surface area contributed by atoms with Gasteiger partial charge in [-0.2, -0.15) is 11.3 Å². The molecule has 106 valence electrons. The van der Waals surface area contributed by atoms with Gasteiger partial charge in [-0.05, 0) is 35.7 Å². The monoisotopic (exact) mass is 320 g/mol. The van der Waals surface area contributed by atoms with Crippen LogP contribution in [0.15, 0.2) is 58.6 Å². The SMILES string of the molecule is C(=C/c1ccc2ccccc2n1)/c1csc(-c2ccsc2)n1. The van der Waals surface area contributed by atoms with Crippen LogP contribution in [0.25, 0.3) is 33.6 Å². The number of hydrogen-bond acceptors (Lipinski definition) is 4. The van der Waals surface area contributed by atoms with E-state index in [2.05, 4.69) is 44.3 Å². The van der Waals surface area contributed by atoms with E-state index in [1.54, 1.807) is 22.7 Å². The van der Waals surface area contributed by atoms with E-state index in [1.165, 1.54) is 5.56 Å². The molecule has 4 heteroatoms. The Bertz CT molecular complexity index is 937. The van der Waals surface area contributed by atoms with Gasteiger partial charge in [-0.25, -0.2) is 9.97 Å². The van der Waals surface area contributed by atoms with Crippen molar-refractivity contribution in [1.82, 2.24) is 9.97 Å². The summed E-state index contributed by atoms with van der Waals surface area (Å²) in [5.41, 5.74) is 4.13. The molecule has 4 aromatic rings. The van der Waals surface area contributed by atoms with Gasteiger partial charge in [-0.3, -0.25) is 0 Å². The number of para-hydroxylation sites is 1. The van der Waals surface area contributed by atoms with Crippen LogP contribution in [0.1, 0.15) is 11.4 Å². The van der Waals surface area contributed by atoms with E-state index in [0.29, 0.717) is 0 Å². The van der Waals surface area contributed by atoms with Crippen molar-refractivity contribution in [3.05, 3.63) is 70.0 Å². The second-order valence-corrected chi connectivity index (χ2v) is 6.49. The fraction of sp³-hybridized carbons (Fsp3) is 0. The van der Waals surface area contributed by atoms with Gasteiger partial charge in [0.05, 0.1) is 16.9 Å². The molecule has 0 radical (unpaired) electrons. The standard InChI is InChI=1S/C18H12N2S2/c1-2-4-17-13(3-1)5-6-15(19-17)7-8-16-12-22-18(20-16)14-9-10-21-11-14/h1-12H/b8-7-. The van der Waals surface area contributed by atoms with Crippen LogP contribution in [-0.4, -0.2) is 9.97 Å². The number of thiophene rings is 1. The summed E-state index contributed by atoms with van der Waals surface area (Å²) in [6.07, 6.45) is 4.03. The maximum atomic E-state index is 4.64. The van der Waals surface area contributed by atoms with Crippen LogP contribution in [-0.2, 0) is 0 Å². The van der Waals surface area contributed by atoms with Crippen LogP contribution < -0.4 is 0 Å². The van der Waals surface area contributed by atoms with Crippen molar-refractivity contribution in [2.75, 3.05) is 0 Å². The fourth-order valence-electron chi connectivity index (χ4n) is 2.23. The summed E-state index contributed by atoms with van der Waals surface area (Å²) in [6, 6.07) is 14.4. The Morgan fingerprint density at radius 3 is 2.64 bits per heavy atom. The normalized spacial score (nSPS) is 11.5. The molecular formula is C18H12N2S2. The van der Waals surface area contributed by atoms with Crippen LogP contribution in [0.2, 0.25) is 0 Å². The molecule has 0 saturated heterocycles. The number of rotatable bonds is 3. The number of aromatic nitrogens is 2. The van der Waals surface area contributed by atoms with Crippen LogP contribution in [0.5, 0.6) is 0 Å². The summed E-state index contributed by atoms with van der Waals surface area (Å²) >= 11 is 3.36. The molecule has 0 fully saturated rings. The summed E-state index contributed by atoms with van der Waals surface area (Å²) < 4.78 is 0. The largest absolute Gasteiger partial charge is 0.248 e. The minimum atomic E-state index is 0.948. The lowest BCUT2D eigenvalue weighted by molar-refractivity contribution is 1.36. The van der Waals surface area contributed by atoms with E-state index in [0.717, 1.165) is 27.3 Å². The van der Waals surface area contributed by atoms with Gasteiger partial charge < -0.3 is 0 Å². The maximum Gasteiger partial charge on any atom is 0.124 e. The van der Waals surface area contributed by atoms with Gasteiger partial charge in [0.1, 0.15) is 5.01 Å². The highest BCUT2D eigenvalue weighted by atomic mass is 32.1. The smallest absolute Gasteiger partial charge is 0.124 e. The quantitative estimate of drug-likeness (QED) is 0.492. The number of thiazole rings is 1. The first-order valence-electron chi connectivity index (χ1n) is 6.90. The van der Waals surface area contributed by atoms with Crippen molar-refractivity contribution in [2.45, 2.75) is 0 Å². The Morgan fingerprint density at radius 2 is 1.73 bits per heavy atom. The minimum absolute atomic E-state index is 0.948. The Balaban J connectivity index is 1.60. The zero-order chi connectivity index (χ0) is 14.8. The molecule has 0 amide bonds. The number of nitrogens with zero attached hydrogens (tertiary/aromatic N) is 2. The van der Waals surface area contributed by atoms with Crippen LogP contribution >= 0.6 is 22.7 Å². The Hall–Kier alpha value is -2.30. The summed E-state index contributed by atoms with van der Waals surface area (Å²) in [5.74, 6) is 0. The predicted octanol–water partition coefficient (Wildman–Crippen LogP) is 5.59.